The lowest BCUT2D eigenvalue weighted by atomic mass is 10.00. The van der Waals surface area contributed by atoms with E-state index in [-0.39, 0.29) is 43.6 Å². The van der Waals surface area contributed by atoms with Crippen LogP contribution in [0.2, 0.25) is 0 Å². The molecule has 1 fully saturated rings. The number of hydrogen-bond donors (Lipinski definition) is 0. The predicted octanol–water partition coefficient (Wildman–Crippen LogP) is 2.16. The molecule has 0 aliphatic carbocycles. The Labute approximate surface area is 168 Å². The summed E-state index contributed by atoms with van der Waals surface area (Å²) in [7, 11) is -3.08. The molecule has 1 unspecified atom stereocenters. The second kappa shape index (κ2) is 7.71. The number of aliphatic imine (C=N–C) groups is 2. The fraction of sp³-hybridized carbons (Fsp3) is 0.579. The quantitative estimate of drug-likeness (QED) is 0.724. The van der Waals surface area contributed by atoms with Crippen molar-refractivity contribution in [2.24, 2.45) is 15.9 Å². The molecule has 0 spiro atoms. The Bertz CT molecular complexity index is 929. The molecule has 10 heteroatoms. The van der Waals surface area contributed by atoms with Crippen molar-refractivity contribution >= 4 is 27.2 Å². The maximum atomic E-state index is 13.8. The lowest BCUT2D eigenvalue weighted by Crippen LogP contribution is -2.48. The van der Waals surface area contributed by atoms with Gasteiger partial charge in [-0.15, -0.1) is 0 Å². The molecule has 1 aromatic rings. The Kier molecular flexibility index (Phi) is 5.41. The highest BCUT2D eigenvalue weighted by Gasteiger charge is 2.44. The largest absolute Gasteiger partial charge is 0.430 e. The molecule has 29 heavy (non-hydrogen) atoms. The molecule has 0 saturated carbocycles. The summed E-state index contributed by atoms with van der Waals surface area (Å²) in [6.45, 7) is 1.19. The third kappa shape index (κ3) is 4.48. The van der Waals surface area contributed by atoms with Crippen LogP contribution in [0.4, 0.5) is 18.9 Å². The third-order valence-corrected chi connectivity index (χ3v) is 7.23. The molecule has 6 nitrogen and oxygen atoms in total. The third-order valence-electron chi connectivity index (χ3n) is 5.62. The van der Waals surface area contributed by atoms with Gasteiger partial charge in [-0.1, -0.05) is 18.2 Å². The van der Waals surface area contributed by atoms with E-state index in [9.17, 15) is 21.6 Å². The first-order valence-corrected chi connectivity index (χ1v) is 11.5. The van der Waals surface area contributed by atoms with Crippen molar-refractivity contribution in [1.82, 2.24) is 4.90 Å². The van der Waals surface area contributed by atoms with Gasteiger partial charge in [0.2, 0.25) is 5.96 Å². The maximum Gasteiger partial charge on any atom is 0.430 e. The first kappa shape index (κ1) is 20.3. The summed E-state index contributed by atoms with van der Waals surface area (Å²) in [5.41, 5.74) is 1.13. The normalized spacial score (nSPS) is 25.2. The molecule has 0 N–H and O–H groups in total. The molecule has 3 aliphatic heterocycles. The summed E-state index contributed by atoms with van der Waals surface area (Å²) in [6, 6.07) is 7.65. The van der Waals surface area contributed by atoms with Crippen LogP contribution >= 0.6 is 0 Å². The minimum atomic E-state index is -4.55. The van der Waals surface area contributed by atoms with E-state index >= 15 is 0 Å². The van der Waals surface area contributed by atoms with Gasteiger partial charge in [0.1, 0.15) is 5.71 Å². The van der Waals surface area contributed by atoms with Crippen LogP contribution in [0.15, 0.2) is 34.3 Å². The number of alkyl halides is 3. The van der Waals surface area contributed by atoms with Gasteiger partial charge in [0.25, 0.3) is 0 Å². The molecule has 3 heterocycles. The summed E-state index contributed by atoms with van der Waals surface area (Å²) < 4.78 is 64.5. The van der Waals surface area contributed by atoms with Gasteiger partial charge in [-0.05, 0) is 24.5 Å². The van der Waals surface area contributed by atoms with Crippen molar-refractivity contribution in [1.29, 1.82) is 0 Å². The second-order valence-electron chi connectivity index (χ2n) is 7.67. The molecular formula is C19H23F3N4O2S. The van der Waals surface area contributed by atoms with Gasteiger partial charge >= 0.3 is 6.18 Å². The van der Waals surface area contributed by atoms with E-state index in [0.717, 1.165) is 24.1 Å². The maximum absolute atomic E-state index is 13.8. The van der Waals surface area contributed by atoms with Crippen LogP contribution < -0.4 is 4.90 Å². The molecule has 1 aromatic carbocycles. The van der Waals surface area contributed by atoms with Gasteiger partial charge in [0.05, 0.1) is 18.1 Å². The fourth-order valence-electron chi connectivity index (χ4n) is 4.08. The van der Waals surface area contributed by atoms with Crippen molar-refractivity contribution in [3.8, 4) is 0 Å². The highest BCUT2D eigenvalue weighted by Crippen LogP contribution is 2.31. The van der Waals surface area contributed by atoms with Crippen LogP contribution in [0.1, 0.15) is 12.0 Å². The lowest BCUT2D eigenvalue weighted by molar-refractivity contribution is -0.0634. The Morgan fingerprint density at radius 1 is 1.10 bits per heavy atom. The van der Waals surface area contributed by atoms with Crippen LogP contribution in [0.3, 0.4) is 0 Å². The number of fused-ring (bicyclic) bond motifs is 1. The number of sulfone groups is 1. The van der Waals surface area contributed by atoms with E-state index in [1.54, 1.807) is 9.80 Å². The summed E-state index contributed by atoms with van der Waals surface area (Å²) in [5.74, 6) is -0.810. The smallest absolute Gasteiger partial charge is 0.311 e. The number of benzene rings is 1. The Morgan fingerprint density at radius 3 is 2.55 bits per heavy atom. The summed E-state index contributed by atoms with van der Waals surface area (Å²) in [6.07, 6.45) is -2.84. The zero-order valence-corrected chi connectivity index (χ0v) is 16.7. The highest BCUT2D eigenvalue weighted by molar-refractivity contribution is 7.91. The van der Waals surface area contributed by atoms with Gasteiger partial charge in [-0.2, -0.15) is 13.2 Å². The van der Waals surface area contributed by atoms with Crippen molar-refractivity contribution < 1.29 is 21.6 Å². The van der Waals surface area contributed by atoms with Crippen LogP contribution in [-0.2, 0) is 16.3 Å². The molecule has 0 radical (unpaired) electrons. The van der Waals surface area contributed by atoms with E-state index in [4.69, 9.17) is 0 Å². The average Bonchev–Trinajstić information content (AvgIpc) is 2.69. The van der Waals surface area contributed by atoms with Crippen LogP contribution in [0.25, 0.3) is 0 Å². The number of halogens is 3. The first-order chi connectivity index (χ1) is 13.7. The van der Waals surface area contributed by atoms with Gasteiger partial charge in [0.15, 0.2) is 9.84 Å². The Balaban J connectivity index is 1.55. The standard InChI is InChI=1S/C19H23F3N4O2S/c20-19(21,22)17-15(13-25-8-10-29(27,28)11-9-25)12-23-18(24-17)26-7-3-5-14-4-1-2-6-16(14)26/h1-2,4,6,15H,3,5,7-13H2. The summed E-state index contributed by atoms with van der Waals surface area (Å²) in [4.78, 5) is 11.9. The number of anilines is 1. The van der Waals surface area contributed by atoms with Crippen LogP contribution in [-0.4, -0.2) is 75.4 Å². The van der Waals surface area contributed by atoms with Crippen LogP contribution in [0.5, 0.6) is 0 Å². The average molecular weight is 428 g/mol. The van der Waals surface area contributed by atoms with Crippen molar-refractivity contribution in [2.75, 3.05) is 49.1 Å². The minimum Gasteiger partial charge on any atom is -0.311 e. The molecule has 0 aromatic heterocycles. The first-order valence-electron chi connectivity index (χ1n) is 9.71. The van der Waals surface area contributed by atoms with E-state index in [1.807, 2.05) is 24.3 Å². The van der Waals surface area contributed by atoms with Crippen molar-refractivity contribution in [3.05, 3.63) is 29.8 Å². The van der Waals surface area contributed by atoms with Gasteiger partial charge in [-0.25, -0.2) is 13.4 Å². The molecule has 158 valence electrons. The minimum absolute atomic E-state index is 0.00437. The molecule has 4 rings (SSSR count). The van der Waals surface area contributed by atoms with Crippen molar-refractivity contribution in [2.45, 2.75) is 19.0 Å². The molecule has 1 saturated heterocycles. The number of para-hydroxylation sites is 1. The number of aryl methyl sites for hydroxylation is 1. The van der Waals surface area contributed by atoms with E-state index in [2.05, 4.69) is 9.98 Å². The van der Waals surface area contributed by atoms with Gasteiger partial charge in [-0.3, -0.25) is 4.99 Å². The SMILES string of the molecule is O=S1(=O)CCN(CC2CN=C(N3CCCc4ccccc43)N=C2C(F)(F)F)CC1. The topological polar surface area (TPSA) is 65.3 Å². The summed E-state index contributed by atoms with van der Waals surface area (Å²) in [5, 5.41) is 0. The number of guanidine groups is 1. The molecular weight excluding hydrogens is 405 g/mol. The summed E-state index contributed by atoms with van der Waals surface area (Å²) >= 11 is 0. The molecule has 3 aliphatic rings. The highest BCUT2D eigenvalue weighted by atomic mass is 32.2. The molecule has 1 atom stereocenters. The van der Waals surface area contributed by atoms with Gasteiger partial charge in [0, 0.05) is 37.8 Å². The molecule has 0 bridgehead atoms. The van der Waals surface area contributed by atoms with Gasteiger partial charge < -0.3 is 9.80 Å². The second-order valence-corrected chi connectivity index (χ2v) is 9.97. The number of nitrogens with zero attached hydrogens (tertiary/aromatic N) is 4. The molecule has 0 amide bonds. The van der Waals surface area contributed by atoms with E-state index < -0.39 is 27.6 Å². The Hall–Kier alpha value is -1.94. The van der Waals surface area contributed by atoms with Crippen LogP contribution in [0, 0.1) is 5.92 Å². The monoisotopic (exact) mass is 428 g/mol. The number of hydrogen-bond acceptors (Lipinski definition) is 6. The number of rotatable bonds is 2. The lowest BCUT2D eigenvalue weighted by Gasteiger charge is -2.35. The zero-order chi connectivity index (χ0) is 20.6. The predicted molar refractivity (Wildman–Crippen MR) is 106 cm³/mol. The van der Waals surface area contributed by atoms with Crippen molar-refractivity contribution in [3.63, 3.8) is 0 Å². The zero-order valence-electron chi connectivity index (χ0n) is 15.9. The van der Waals surface area contributed by atoms with E-state index in [1.165, 1.54) is 0 Å². The van der Waals surface area contributed by atoms with E-state index in [0.29, 0.717) is 6.54 Å². The Morgan fingerprint density at radius 2 is 1.83 bits per heavy atom. The fourth-order valence-corrected chi connectivity index (χ4v) is 5.36.